The molecule has 2 nitrogen and oxygen atoms in total. The van der Waals surface area contributed by atoms with Crippen molar-refractivity contribution >= 4 is 11.0 Å². The van der Waals surface area contributed by atoms with Crippen molar-refractivity contribution in [2.24, 2.45) is 0 Å². The second-order valence-corrected chi connectivity index (χ2v) is 2.90. The zero-order valence-corrected chi connectivity index (χ0v) is 10.7. The molecular weight excluding hydrogens is 184 g/mol. The molecule has 2 heteroatoms. The molecule has 0 unspecified atom stereocenters. The number of hydrogen-bond donors (Lipinski definition) is 1. The summed E-state index contributed by atoms with van der Waals surface area (Å²) < 4.78 is 0. The Balaban J connectivity index is 0.000000442. The molecule has 2 aromatic rings. The summed E-state index contributed by atoms with van der Waals surface area (Å²) in [6, 6.07) is 4.16. The van der Waals surface area contributed by atoms with Crippen LogP contribution in [0.1, 0.15) is 39.0 Å². The molecule has 0 saturated heterocycles. The quantitative estimate of drug-likeness (QED) is 0.686. The minimum Gasteiger partial charge on any atom is -0.357 e. The number of hydrogen-bond acceptors (Lipinski definition) is 1. The fourth-order valence-corrected chi connectivity index (χ4v) is 1.25. The lowest BCUT2D eigenvalue weighted by Gasteiger charge is -1.89. The van der Waals surface area contributed by atoms with E-state index < -0.39 is 0 Å². The Kier molecular flexibility index (Phi) is 6.43. The summed E-state index contributed by atoms with van der Waals surface area (Å²) in [4.78, 5) is 7.51. The van der Waals surface area contributed by atoms with E-state index in [9.17, 15) is 0 Å². The molecule has 0 amide bonds. The van der Waals surface area contributed by atoms with Crippen molar-refractivity contribution in [3.05, 3.63) is 29.6 Å². The summed E-state index contributed by atoms with van der Waals surface area (Å²) in [5, 5.41) is 0. The van der Waals surface area contributed by atoms with Gasteiger partial charge in [0.1, 0.15) is 0 Å². The minimum absolute atomic E-state index is 1.05. The van der Waals surface area contributed by atoms with E-state index in [1.807, 2.05) is 47.7 Å². The van der Waals surface area contributed by atoms with Gasteiger partial charge in [-0.05, 0) is 31.5 Å². The predicted octanol–water partition coefficient (Wildman–Crippen LogP) is 4.23. The molecule has 84 valence electrons. The minimum atomic E-state index is 1.05. The molecule has 2 rings (SSSR count). The monoisotopic (exact) mass is 206 g/mol. The molecule has 0 aromatic carbocycles. The van der Waals surface area contributed by atoms with Crippen LogP contribution in [0.15, 0.2) is 18.3 Å². The molecule has 0 atom stereocenters. The summed E-state index contributed by atoms with van der Waals surface area (Å²) in [5.41, 5.74) is 4.54. The van der Waals surface area contributed by atoms with E-state index in [0.29, 0.717) is 0 Å². The van der Waals surface area contributed by atoms with Crippen molar-refractivity contribution in [3.8, 4) is 0 Å². The lowest BCUT2D eigenvalue weighted by atomic mass is 10.3. The van der Waals surface area contributed by atoms with Crippen LogP contribution in [0.25, 0.3) is 11.0 Å². The van der Waals surface area contributed by atoms with Crippen LogP contribution in [0, 0.1) is 13.8 Å². The summed E-state index contributed by atoms with van der Waals surface area (Å²) in [6.45, 7) is 12.1. The lowest BCUT2D eigenvalue weighted by molar-refractivity contribution is 1.29. The molecule has 0 radical (unpaired) electrons. The van der Waals surface area contributed by atoms with Crippen LogP contribution < -0.4 is 0 Å². The van der Waals surface area contributed by atoms with Gasteiger partial charge in [0, 0.05) is 11.9 Å². The third kappa shape index (κ3) is 3.74. The smallest absolute Gasteiger partial charge is 0.0881 e. The Morgan fingerprint density at radius 1 is 1.00 bits per heavy atom. The standard InChI is InChI=1S/C9H10N2.2C2H6/c1-6-3-9-8(10-5-6)4-7(2)11-9;2*1-2/h3-5,11H,1-2H3;2*1-2H3. The first-order chi connectivity index (χ1) is 7.25. The molecule has 0 fully saturated rings. The van der Waals surface area contributed by atoms with Gasteiger partial charge in [0.2, 0.25) is 0 Å². The summed E-state index contributed by atoms with van der Waals surface area (Å²) >= 11 is 0. The average molecular weight is 206 g/mol. The topological polar surface area (TPSA) is 28.7 Å². The summed E-state index contributed by atoms with van der Waals surface area (Å²) in [6.07, 6.45) is 1.88. The van der Waals surface area contributed by atoms with Crippen molar-refractivity contribution in [2.75, 3.05) is 0 Å². The summed E-state index contributed by atoms with van der Waals surface area (Å²) in [5.74, 6) is 0. The zero-order valence-electron chi connectivity index (χ0n) is 10.7. The fraction of sp³-hybridized carbons (Fsp3) is 0.462. The maximum Gasteiger partial charge on any atom is 0.0881 e. The molecule has 0 spiro atoms. The molecule has 0 saturated carbocycles. The first-order valence-corrected chi connectivity index (χ1v) is 5.68. The number of nitrogens with zero attached hydrogens (tertiary/aromatic N) is 1. The number of aryl methyl sites for hydroxylation is 2. The van der Waals surface area contributed by atoms with Gasteiger partial charge < -0.3 is 4.98 Å². The summed E-state index contributed by atoms with van der Waals surface area (Å²) in [7, 11) is 0. The van der Waals surface area contributed by atoms with E-state index in [4.69, 9.17) is 0 Å². The van der Waals surface area contributed by atoms with Crippen LogP contribution in [0.3, 0.4) is 0 Å². The van der Waals surface area contributed by atoms with Crippen LogP contribution in [0.5, 0.6) is 0 Å². The molecule has 1 N–H and O–H groups in total. The Bertz CT molecular complexity index is 388. The highest BCUT2D eigenvalue weighted by Gasteiger charge is 1.96. The molecular formula is C13H22N2. The van der Waals surface area contributed by atoms with Gasteiger partial charge in [-0.15, -0.1) is 0 Å². The van der Waals surface area contributed by atoms with Crippen LogP contribution in [-0.4, -0.2) is 9.97 Å². The predicted molar refractivity (Wildman–Crippen MR) is 68.3 cm³/mol. The van der Waals surface area contributed by atoms with Gasteiger partial charge >= 0.3 is 0 Å². The van der Waals surface area contributed by atoms with E-state index >= 15 is 0 Å². The number of aromatic nitrogens is 2. The van der Waals surface area contributed by atoms with Crippen LogP contribution in [0.2, 0.25) is 0 Å². The fourth-order valence-electron chi connectivity index (χ4n) is 1.25. The van der Waals surface area contributed by atoms with E-state index in [1.54, 1.807) is 0 Å². The second kappa shape index (κ2) is 7.04. The number of fused-ring (bicyclic) bond motifs is 1. The Morgan fingerprint density at radius 2 is 1.60 bits per heavy atom. The van der Waals surface area contributed by atoms with Crippen LogP contribution in [-0.2, 0) is 0 Å². The second-order valence-electron chi connectivity index (χ2n) is 2.90. The van der Waals surface area contributed by atoms with E-state index in [-0.39, 0.29) is 0 Å². The first-order valence-electron chi connectivity index (χ1n) is 5.68. The van der Waals surface area contributed by atoms with E-state index in [2.05, 4.69) is 22.1 Å². The van der Waals surface area contributed by atoms with Gasteiger partial charge in [0.25, 0.3) is 0 Å². The Hall–Kier alpha value is -1.31. The van der Waals surface area contributed by atoms with Crippen molar-refractivity contribution < 1.29 is 0 Å². The number of aromatic amines is 1. The Labute approximate surface area is 92.7 Å². The van der Waals surface area contributed by atoms with Gasteiger partial charge in [-0.3, -0.25) is 4.98 Å². The average Bonchev–Trinajstić information content (AvgIpc) is 2.63. The number of H-pyrrole nitrogens is 1. The van der Waals surface area contributed by atoms with E-state index in [1.165, 1.54) is 5.56 Å². The molecule has 0 aliphatic heterocycles. The first kappa shape index (κ1) is 13.7. The van der Waals surface area contributed by atoms with Gasteiger partial charge in [-0.1, -0.05) is 27.7 Å². The molecule has 0 aliphatic rings. The van der Waals surface area contributed by atoms with Gasteiger partial charge in [-0.25, -0.2) is 0 Å². The van der Waals surface area contributed by atoms with Crippen LogP contribution >= 0.6 is 0 Å². The number of nitrogens with one attached hydrogen (secondary N) is 1. The van der Waals surface area contributed by atoms with E-state index in [0.717, 1.165) is 16.7 Å². The van der Waals surface area contributed by atoms with Crippen LogP contribution in [0.4, 0.5) is 0 Å². The molecule has 2 aromatic heterocycles. The highest BCUT2D eigenvalue weighted by atomic mass is 14.8. The van der Waals surface area contributed by atoms with Gasteiger partial charge in [-0.2, -0.15) is 0 Å². The SMILES string of the molecule is CC.CC.Cc1cnc2cc(C)[nH]c2c1. The molecule has 0 aliphatic carbocycles. The maximum absolute atomic E-state index is 4.27. The molecule has 2 heterocycles. The Morgan fingerprint density at radius 3 is 2.20 bits per heavy atom. The highest BCUT2D eigenvalue weighted by Crippen LogP contribution is 2.12. The van der Waals surface area contributed by atoms with Crippen molar-refractivity contribution in [1.29, 1.82) is 0 Å². The third-order valence-corrected chi connectivity index (χ3v) is 1.74. The van der Waals surface area contributed by atoms with Crippen molar-refractivity contribution in [3.63, 3.8) is 0 Å². The third-order valence-electron chi connectivity index (χ3n) is 1.74. The van der Waals surface area contributed by atoms with Gasteiger partial charge in [0.05, 0.1) is 11.0 Å². The lowest BCUT2D eigenvalue weighted by Crippen LogP contribution is -1.76. The van der Waals surface area contributed by atoms with Crippen molar-refractivity contribution in [1.82, 2.24) is 9.97 Å². The molecule has 0 bridgehead atoms. The highest BCUT2D eigenvalue weighted by molar-refractivity contribution is 5.76. The normalized spacial score (nSPS) is 8.67. The number of rotatable bonds is 0. The number of pyridine rings is 1. The largest absolute Gasteiger partial charge is 0.357 e. The van der Waals surface area contributed by atoms with Gasteiger partial charge in [0.15, 0.2) is 0 Å². The zero-order chi connectivity index (χ0) is 11.8. The molecule has 15 heavy (non-hydrogen) atoms. The maximum atomic E-state index is 4.27. The van der Waals surface area contributed by atoms with Crippen molar-refractivity contribution in [2.45, 2.75) is 41.5 Å².